The summed E-state index contributed by atoms with van der Waals surface area (Å²) in [4.78, 5) is 27.4. The molecule has 0 unspecified atom stereocenters. The van der Waals surface area contributed by atoms with Crippen LogP contribution in [0.4, 0.5) is 0 Å². The molecule has 1 amide bonds. The van der Waals surface area contributed by atoms with Crippen LogP contribution in [-0.4, -0.2) is 26.6 Å². The Morgan fingerprint density at radius 1 is 1.07 bits per heavy atom. The number of nitrogens with zero attached hydrogens (tertiary/aromatic N) is 3. The Hall–Kier alpha value is -2.95. The first-order chi connectivity index (χ1) is 13.0. The first-order valence-corrected chi connectivity index (χ1v) is 9.29. The maximum Gasteiger partial charge on any atom is 0.274 e. The second kappa shape index (κ2) is 8.16. The van der Waals surface area contributed by atoms with Crippen molar-refractivity contribution >= 4 is 16.7 Å². The minimum absolute atomic E-state index is 0.0181. The van der Waals surface area contributed by atoms with E-state index in [1.165, 1.54) is 4.68 Å². The average molecular weight is 363 g/mol. The van der Waals surface area contributed by atoms with E-state index in [2.05, 4.69) is 18.9 Å². The molecule has 3 aromatic rings. The summed E-state index contributed by atoms with van der Waals surface area (Å²) in [5.41, 5.74) is 1.59. The van der Waals surface area contributed by atoms with E-state index in [9.17, 15) is 9.59 Å². The van der Waals surface area contributed by atoms with E-state index in [4.69, 9.17) is 0 Å². The number of fused-ring (bicyclic) bond motifs is 1. The summed E-state index contributed by atoms with van der Waals surface area (Å²) in [5, 5.41) is 5.71. The molecule has 0 aliphatic rings. The van der Waals surface area contributed by atoms with Crippen molar-refractivity contribution in [1.29, 1.82) is 0 Å². The quantitative estimate of drug-likeness (QED) is 0.675. The van der Waals surface area contributed by atoms with Gasteiger partial charge in [-0.3, -0.25) is 9.59 Å². The van der Waals surface area contributed by atoms with Crippen molar-refractivity contribution in [1.82, 2.24) is 14.7 Å². The number of rotatable bonds is 6. The number of carbonyl (C=O) groups is 1. The third-order valence-corrected chi connectivity index (χ3v) is 4.99. The molecule has 0 saturated heterocycles. The van der Waals surface area contributed by atoms with Crippen molar-refractivity contribution in [3.05, 3.63) is 76.2 Å². The van der Waals surface area contributed by atoms with E-state index >= 15 is 0 Å². The van der Waals surface area contributed by atoms with Crippen molar-refractivity contribution in [3.8, 4) is 0 Å². The molecule has 0 aliphatic heterocycles. The molecule has 1 aromatic heterocycles. The molecule has 0 N–H and O–H groups in total. The van der Waals surface area contributed by atoms with Crippen molar-refractivity contribution in [2.75, 3.05) is 0 Å². The molecule has 0 fully saturated rings. The fourth-order valence-corrected chi connectivity index (χ4v) is 3.24. The molecule has 0 bridgehead atoms. The van der Waals surface area contributed by atoms with E-state index in [1.807, 2.05) is 53.4 Å². The fraction of sp³-hybridized carbons (Fsp3) is 0.318. The molecule has 0 saturated carbocycles. The Morgan fingerprint density at radius 3 is 2.37 bits per heavy atom. The lowest BCUT2D eigenvalue weighted by Crippen LogP contribution is -2.39. The van der Waals surface area contributed by atoms with E-state index < -0.39 is 0 Å². The third kappa shape index (κ3) is 4.08. The van der Waals surface area contributed by atoms with Gasteiger partial charge in [-0.15, -0.1) is 0 Å². The SMILES string of the molecule is CC[C@H](C)N(Cc1ccccc1)C(=O)Cc1nn(C)c(=O)c2ccccc12. The monoisotopic (exact) mass is 363 g/mol. The van der Waals surface area contributed by atoms with Crippen LogP contribution in [0, 0.1) is 0 Å². The highest BCUT2D eigenvalue weighted by Crippen LogP contribution is 2.17. The topological polar surface area (TPSA) is 55.2 Å². The fourth-order valence-electron chi connectivity index (χ4n) is 3.24. The highest BCUT2D eigenvalue weighted by Gasteiger charge is 2.21. The highest BCUT2D eigenvalue weighted by molar-refractivity contribution is 5.88. The van der Waals surface area contributed by atoms with Gasteiger partial charge in [0.2, 0.25) is 5.91 Å². The summed E-state index contributed by atoms with van der Waals surface area (Å²) >= 11 is 0. The van der Waals surface area contributed by atoms with Gasteiger partial charge in [-0.05, 0) is 25.0 Å². The van der Waals surface area contributed by atoms with Gasteiger partial charge in [0.15, 0.2) is 0 Å². The van der Waals surface area contributed by atoms with Gasteiger partial charge in [-0.25, -0.2) is 4.68 Å². The predicted molar refractivity (Wildman–Crippen MR) is 107 cm³/mol. The molecule has 1 atom stereocenters. The number of hydrogen-bond acceptors (Lipinski definition) is 3. The molecule has 0 aliphatic carbocycles. The summed E-state index contributed by atoms with van der Waals surface area (Å²) in [7, 11) is 1.62. The summed E-state index contributed by atoms with van der Waals surface area (Å²) in [5.74, 6) is 0.0181. The Morgan fingerprint density at radius 2 is 1.70 bits per heavy atom. The zero-order valence-corrected chi connectivity index (χ0v) is 16.1. The van der Waals surface area contributed by atoms with Crippen LogP contribution < -0.4 is 5.56 Å². The predicted octanol–water partition coefficient (Wildman–Crippen LogP) is 3.30. The lowest BCUT2D eigenvalue weighted by molar-refractivity contribution is -0.133. The third-order valence-electron chi connectivity index (χ3n) is 4.99. The Bertz CT molecular complexity index is 995. The number of amides is 1. The molecular formula is C22H25N3O2. The summed E-state index contributed by atoms with van der Waals surface area (Å²) < 4.78 is 1.32. The van der Waals surface area contributed by atoms with Gasteiger partial charge in [0.25, 0.3) is 5.56 Å². The number of benzene rings is 2. The molecule has 5 heteroatoms. The number of aryl methyl sites for hydroxylation is 1. The summed E-state index contributed by atoms with van der Waals surface area (Å²) in [6.45, 7) is 4.71. The van der Waals surface area contributed by atoms with Gasteiger partial charge in [-0.2, -0.15) is 5.10 Å². The highest BCUT2D eigenvalue weighted by atomic mass is 16.2. The zero-order valence-electron chi connectivity index (χ0n) is 16.1. The van der Waals surface area contributed by atoms with E-state index in [0.717, 1.165) is 17.4 Å². The van der Waals surface area contributed by atoms with Crippen molar-refractivity contribution in [3.63, 3.8) is 0 Å². The van der Waals surface area contributed by atoms with Crippen molar-refractivity contribution in [2.24, 2.45) is 7.05 Å². The van der Waals surface area contributed by atoms with Crippen molar-refractivity contribution < 1.29 is 4.79 Å². The van der Waals surface area contributed by atoms with Crippen LogP contribution in [0.1, 0.15) is 31.5 Å². The Kier molecular flexibility index (Phi) is 5.69. The van der Waals surface area contributed by atoms with Crippen LogP contribution in [0.5, 0.6) is 0 Å². The van der Waals surface area contributed by atoms with Crippen LogP contribution in [0.15, 0.2) is 59.4 Å². The number of aromatic nitrogens is 2. The van der Waals surface area contributed by atoms with Crippen LogP contribution in [-0.2, 0) is 24.8 Å². The molecule has 0 radical (unpaired) electrons. The minimum Gasteiger partial charge on any atom is -0.335 e. The second-order valence-corrected chi connectivity index (χ2v) is 6.86. The molecule has 1 heterocycles. The maximum absolute atomic E-state index is 13.2. The zero-order chi connectivity index (χ0) is 19.4. The van der Waals surface area contributed by atoms with Crippen LogP contribution in [0.25, 0.3) is 10.8 Å². The standard InChI is InChI=1S/C22H25N3O2/c1-4-16(2)25(15-17-10-6-5-7-11-17)21(26)14-20-18-12-8-9-13-19(18)22(27)24(3)23-20/h5-13,16H,4,14-15H2,1-3H3/t16-/m0/s1. The lowest BCUT2D eigenvalue weighted by Gasteiger charge is -2.29. The van der Waals surface area contributed by atoms with Crippen LogP contribution in [0.2, 0.25) is 0 Å². The molecular weight excluding hydrogens is 338 g/mol. The van der Waals surface area contributed by atoms with Gasteiger partial charge in [0.1, 0.15) is 0 Å². The van der Waals surface area contributed by atoms with Gasteiger partial charge in [0.05, 0.1) is 17.5 Å². The largest absolute Gasteiger partial charge is 0.335 e. The average Bonchev–Trinajstić information content (AvgIpc) is 2.70. The van der Waals surface area contributed by atoms with E-state index in [0.29, 0.717) is 17.6 Å². The summed E-state index contributed by atoms with van der Waals surface area (Å²) in [6, 6.07) is 17.5. The first kappa shape index (κ1) is 18.8. The Balaban J connectivity index is 1.93. The van der Waals surface area contributed by atoms with Gasteiger partial charge >= 0.3 is 0 Å². The van der Waals surface area contributed by atoms with Gasteiger partial charge < -0.3 is 4.90 Å². The van der Waals surface area contributed by atoms with Crippen molar-refractivity contribution in [2.45, 2.75) is 39.3 Å². The molecule has 2 aromatic carbocycles. The lowest BCUT2D eigenvalue weighted by atomic mass is 10.1. The normalized spacial score (nSPS) is 12.1. The number of hydrogen-bond donors (Lipinski definition) is 0. The molecule has 0 spiro atoms. The van der Waals surface area contributed by atoms with Crippen LogP contribution in [0.3, 0.4) is 0 Å². The van der Waals surface area contributed by atoms with E-state index in [-0.39, 0.29) is 23.9 Å². The number of carbonyl (C=O) groups excluding carboxylic acids is 1. The second-order valence-electron chi connectivity index (χ2n) is 6.86. The summed E-state index contributed by atoms with van der Waals surface area (Å²) in [6.07, 6.45) is 1.05. The van der Waals surface area contributed by atoms with Gasteiger partial charge in [0, 0.05) is 25.0 Å². The maximum atomic E-state index is 13.2. The van der Waals surface area contributed by atoms with Crippen LogP contribution >= 0.6 is 0 Å². The Labute approximate surface area is 159 Å². The van der Waals surface area contributed by atoms with Gasteiger partial charge in [-0.1, -0.05) is 55.5 Å². The first-order valence-electron chi connectivity index (χ1n) is 9.29. The smallest absolute Gasteiger partial charge is 0.274 e. The minimum atomic E-state index is -0.148. The molecule has 27 heavy (non-hydrogen) atoms. The molecule has 3 rings (SSSR count). The molecule has 140 valence electrons. The molecule has 5 nitrogen and oxygen atoms in total. The van der Waals surface area contributed by atoms with E-state index in [1.54, 1.807) is 13.1 Å².